The fraction of sp³-hybridized carbons (Fsp3) is 0.333. The van der Waals surface area contributed by atoms with E-state index in [-0.39, 0.29) is 11.7 Å². The monoisotopic (exact) mass is 219 g/mol. The molecule has 2 rings (SSSR count). The highest BCUT2D eigenvalue weighted by molar-refractivity contribution is 6.08. The molecule has 0 fully saturated rings. The number of hydrogen-bond acceptors (Lipinski definition) is 3. The van der Waals surface area contributed by atoms with Crippen LogP contribution in [0.4, 0.5) is 5.69 Å². The molecule has 4 nitrogen and oxygen atoms in total. The van der Waals surface area contributed by atoms with Crippen molar-refractivity contribution in [1.29, 1.82) is 0 Å². The molecule has 0 aromatic heterocycles. The number of methoxy groups -OCH3 is 1. The summed E-state index contributed by atoms with van der Waals surface area (Å²) < 4.78 is 5.07. The first-order valence-corrected chi connectivity index (χ1v) is 5.13. The maximum Gasteiger partial charge on any atom is 0.223 e. The largest absolute Gasteiger partial charge is 0.497 e. The van der Waals surface area contributed by atoms with Gasteiger partial charge in [0.2, 0.25) is 5.91 Å². The van der Waals surface area contributed by atoms with Gasteiger partial charge in [0.1, 0.15) is 5.75 Å². The molecular weight excluding hydrogens is 206 g/mol. The van der Waals surface area contributed by atoms with Crippen LogP contribution < -0.4 is 9.64 Å². The SMILES string of the molecule is COc1ccc2c(c1)C(=O)CCN2C(C)=O. The van der Waals surface area contributed by atoms with Gasteiger partial charge in [0.15, 0.2) is 5.78 Å². The number of ether oxygens (including phenoxy) is 1. The molecule has 0 atom stereocenters. The average Bonchev–Trinajstić information content (AvgIpc) is 2.29. The molecule has 0 saturated carbocycles. The van der Waals surface area contributed by atoms with Gasteiger partial charge >= 0.3 is 0 Å². The zero-order valence-corrected chi connectivity index (χ0v) is 9.32. The Morgan fingerprint density at radius 2 is 2.19 bits per heavy atom. The summed E-state index contributed by atoms with van der Waals surface area (Å²) in [5.41, 5.74) is 1.25. The highest BCUT2D eigenvalue weighted by atomic mass is 16.5. The number of amides is 1. The third kappa shape index (κ3) is 1.66. The number of ketones is 1. The second-order valence-corrected chi connectivity index (χ2v) is 3.73. The van der Waals surface area contributed by atoms with Crippen molar-refractivity contribution in [3.8, 4) is 5.75 Å². The van der Waals surface area contributed by atoms with E-state index in [0.29, 0.717) is 30.0 Å². The summed E-state index contributed by atoms with van der Waals surface area (Å²) in [6.07, 6.45) is 0.375. The van der Waals surface area contributed by atoms with Crippen molar-refractivity contribution in [1.82, 2.24) is 0 Å². The molecule has 4 heteroatoms. The van der Waals surface area contributed by atoms with E-state index in [0.717, 1.165) is 0 Å². The Morgan fingerprint density at radius 1 is 1.44 bits per heavy atom. The van der Waals surface area contributed by atoms with Crippen LogP contribution in [0.3, 0.4) is 0 Å². The maximum absolute atomic E-state index is 11.7. The summed E-state index contributed by atoms with van der Waals surface area (Å²) in [5.74, 6) is 0.655. The van der Waals surface area contributed by atoms with Gasteiger partial charge in [-0.2, -0.15) is 0 Å². The number of nitrogens with zero attached hydrogens (tertiary/aromatic N) is 1. The first kappa shape index (κ1) is 10.7. The second kappa shape index (κ2) is 3.96. The maximum atomic E-state index is 11.7. The van der Waals surface area contributed by atoms with Crippen molar-refractivity contribution in [2.45, 2.75) is 13.3 Å². The topological polar surface area (TPSA) is 46.6 Å². The van der Waals surface area contributed by atoms with Crippen LogP contribution in [0.15, 0.2) is 18.2 Å². The predicted molar refractivity (Wildman–Crippen MR) is 60.0 cm³/mol. The molecule has 0 aliphatic carbocycles. The molecule has 0 radical (unpaired) electrons. The lowest BCUT2D eigenvalue weighted by Crippen LogP contribution is -2.35. The van der Waals surface area contributed by atoms with Gasteiger partial charge in [0.05, 0.1) is 12.8 Å². The predicted octanol–water partition coefficient (Wildman–Crippen LogP) is 1.63. The van der Waals surface area contributed by atoms with Crippen molar-refractivity contribution in [3.05, 3.63) is 23.8 Å². The van der Waals surface area contributed by atoms with Gasteiger partial charge in [-0.3, -0.25) is 9.59 Å². The zero-order valence-electron chi connectivity index (χ0n) is 9.32. The van der Waals surface area contributed by atoms with E-state index in [9.17, 15) is 9.59 Å². The average molecular weight is 219 g/mol. The van der Waals surface area contributed by atoms with E-state index in [2.05, 4.69) is 0 Å². The molecule has 1 aromatic carbocycles. The fourth-order valence-corrected chi connectivity index (χ4v) is 1.90. The number of carbonyl (C=O) groups excluding carboxylic acids is 2. The Morgan fingerprint density at radius 3 is 2.81 bits per heavy atom. The minimum Gasteiger partial charge on any atom is -0.497 e. The van der Waals surface area contributed by atoms with Crippen LogP contribution in [0.25, 0.3) is 0 Å². The molecule has 1 aliphatic heterocycles. The quantitative estimate of drug-likeness (QED) is 0.721. The third-order valence-electron chi connectivity index (χ3n) is 2.74. The van der Waals surface area contributed by atoms with Crippen LogP contribution in [0.5, 0.6) is 5.75 Å². The molecule has 0 spiro atoms. The molecule has 0 bridgehead atoms. The molecule has 0 N–H and O–H groups in total. The molecular formula is C12H13NO3. The first-order chi connectivity index (χ1) is 7.63. The summed E-state index contributed by atoms with van der Waals surface area (Å²) in [5, 5.41) is 0. The molecule has 1 aromatic rings. The van der Waals surface area contributed by atoms with E-state index >= 15 is 0 Å². The van der Waals surface area contributed by atoms with Gasteiger partial charge in [-0.1, -0.05) is 0 Å². The number of carbonyl (C=O) groups is 2. The minimum atomic E-state index is -0.0427. The summed E-state index contributed by atoms with van der Waals surface area (Å²) >= 11 is 0. The van der Waals surface area contributed by atoms with Gasteiger partial charge < -0.3 is 9.64 Å². The van der Waals surface area contributed by atoms with Gasteiger partial charge in [0, 0.05) is 25.5 Å². The standard InChI is InChI=1S/C12H13NO3/c1-8(14)13-6-5-12(15)10-7-9(16-2)3-4-11(10)13/h3-4,7H,5-6H2,1-2H3. The second-order valence-electron chi connectivity index (χ2n) is 3.73. The Hall–Kier alpha value is -1.84. The lowest BCUT2D eigenvalue weighted by atomic mass is 10.00. The van der Waals surface area contributed by atoms with Crippen molar-refractivity contribution in [2.24, 2.45) is 0 Å². The molecule has 16 heavy (non-hydrogen) atoms. The summed E-state index contributed by atoms with van der Waals surface area (Å²) in [6.45, 7) is 1.97. The van der Waals surface area contributed by atoms with Crippen molar-refractivity contribution < 1.29 is 14.3 Å². The van der Waals surface area contributed by atoms with Crippen LogP contribution >= 0.6 is 0 Å². The van der Waals surface area contributed by atoms with E-state index in [1.54, 1.807) is 30.2 Å². The highest BCUT2D eigenvalue weighted by Crippen LogP contribution is 2.30. The van der Waals surface area contributed by atoms with Crippen LogP contribution in [0.1, 0.15) is 23.7 Å². The normalized spacial score (nSPS) is 14.6. The van der Waals surface area contributed by atoms with Gasteiger partial charge in [-0.05, 0) is 18.2 Å². The third-order valence-corrected chi connectivity index (χ3v) is 2.74. The van der Waals surface area contributed by atoms with E-state index < -0.39 is 0 Å². The lowest BCUT2D eigenvalue weighted by Gasteiger charge is -2.27. The molecule has 0 unspecified atom stereocenters. The Balaban J connectivity index is 2.51. The van der Waals surface area contributed by atoms with Crippen LogP contribution in [-0.2, 0) is 4.79 Å². The minimum absolute atomic E-state index is 0.0427. The fourth-order valence-electron chi connectivity index (χ4n) is 1.90. The van der Waals surface area contributed by atoms with Gasteiger partial charge in [-0.15, -0.1) is 0 Å². The number of hydrogen-bond donors (Lipinski definition) is 0. The zero-order chi connectivity index (χ0) is 11.7. The summed E-state index contributed by atoms with van der Waals surface area (Å²) in [6, 6.07) is 5.20. The first-order valence-electron chi connectivity index (χ1n) is 5.13. The Kier molecular flexibility index (Phi) is 2.64. The highest BCUT2D eigenvalue weighted by Gasteiger charge is 2.25. The lowest BCUT2D eigenvalue weighted by molar-refractivity contribution is -0.116. The van der Waals surface area contributed by atoms with Gasteiger partial charge in [0.25, 0.3) is 0 Å². The van der Waals surface area contributed by atoms with Crippen LogP contribution in [0.2, 0.25) is 0 Å². The molecule has 84 valence electrons. The number of anilines is 1. The van der Waals surface area contributed by atoms with E-state index in [1.807, 2.05) is 0 Å². The van der Waals surface area contributed by atoms with Crippen LogP contribution in [-0.4, -0.2) is 25.3 Å². The number of benzene rings is 1. The van der Waals surface area contributed by atoms with E-state index in [1.165, 1.54) is 6.92 Å². The van der Waals surface area contributed by atoms with E-state index in [4.69, 9.17) is 4.74 Å². The number of Topliss-reactive ketones (excluding diaryl/α,β-unsaturated/α-hetero) is 1. The number of fused-ring (bicyclic) bond motifs is 1. The van der Waals surface area contributed by atoms with Crippen molar-refractivity contribution in [2.75, 3.05) is 18.6 Å². The Labute approximate surface area is 93.8 Å². The van der Waals surface area contributed by atoms with Gasteiger partial charge in [-0.25, -0.2) is 0 Å². The van der Waals surface area contributed by atoms with Crippen LogP contribution in [0, 0.1) is 0 Å². The number of rotatable bonds is 1. The molecule has 1 heterocycles. The summed E-state index contributed by atoms with van der Waals surface area (Å²) in [7, 11) is 1.55. The van der Waals surface area contributed by atoms with Crippen molar-refractivity contribution >= 4 is 17.4 Å². The molecule has 0 saturated heterocycles. The molecule has 1 aliphatic rings. The molecule has 1 amide bonds. The van der Waals surface area contributed by atoms with Crippen molar-refractivity contribution in [3.63, 3.8) is 0 Å². The Bertz CT molecular complexity index is 454. The summed E-state index contributed by atoms with van der Waals surface area (Å²) in [4.78, 5) is 24.8. The smallest absolute Gasteiger partial charge is 0.223 e.